The topological polar surface area (TPSA) is 145 Å². The fourth-order valence-corrected chi connectivity index (χ4v) is 3.97. The number of esters is 1. The molecule has 0 fully saturated rings. The molecule has 1 aromatic carbocycles. The predicted molar refractivity (Wildman–Crippen MR) is 124 cm³/mol. The summed E-state index contributed by atoms with van der Waals surface area (Å²) in [6.45, 7) is 1.19. The Morgan fingerprint density at radius 1 is 1.21 bits per heavy atom. The fourth-order valence-electron chi connectivity index (χ4n) is 2.63. The maximum atomic E-state index is 12.6. The van der Waals surface area contributed by atoms with E-state index in [0.29, 0.717) is 17.2 Å². The molecule has 1 heterocycles. The van der Waals surface area contributed by atoms with Gasteiger partial charge >= 0.3 is 5.97 Å². The maximum absolute atomic E-state index is 12.6. The van der Waals surface area contributed by atoms with Crippen LogP contribution in [-0.4, -0.2) is 53.1 Å². The molecule has 12 heteroatoms. The molecule has 0 aliphatic rings. The highest BCUT2D eigenvalue weighted by atomic mass is 32.2. The summed E-state index contributed by atoms with van der Waals surface area (Å²) in [5.74, 6) is -1.48. The highest BCUT2D eigenvalue weighted by Crippen LogP contribution is 2.18. The number of thiophene rings is 1. The molecule has 1 unspecified atom stereocenters. The highest BCUT2D eigenvalue weighted by molar-refractivity contribution is 7.98. The Labute approximate surface area is 198 Å². The van der Waals surface area contributed by atoms with Crippen LogP contribution in [0.15, 0.2) is 36.4 Å². The lowest BCUT2D eigenvalue weighted by Gasteiger charge is -2.17. The van der Waals surface area contributed by atoms with Crippen molar-refractivity contribution in [2.75, 3.05) is 18.6 Å². The van der Waals surface area contributed by atoms with Crippen molar-refractivity contribution in [1.29, 1.82) is 0 Å². The number of hydrogen-bond donors (Lipinski definition) is 2. The number of ketones is 1. The summed E-state index contributed by atoms with van der Waals surface area (Å²) in [5.41, 5.74) is -0.210. The van der Waals surface area contributed by atoms with Crippen molar-refractivity contribution in [3.63, 3.8) is 0 Å². The first kappa shape index (κ1) is 26.0. The van der Waals surface area contributed by atoms with Gasteiger partial charge in [-0.1, -0.05) is 6.07 Å². The number of hydrogen-bond acceptors (Lipinski definition) is 9. The molecule has 1 atom stereocenters. The quantitative estimate of drug-likeness (QED) is 0.199. The Morgan fingerprint density at radius 2 is 1.97 bits per heavy atom. The Morgan fingerprint density at radius 3 is 2.64 bits per heavy atom. The van der Waals surface area contributed by atoms with Crippen LogP contribution in [-0.2, 0) is 20.9 Å². The second kappa shape index (κ2) is 12.7. The summed E-state index contributed by atoms with van der Waals surface area (Å²) >= 11 is 2.65. The average molecular weight is 494 g/mol. The van der Waals surface area contributed by atoms with Gasteiger partial charge in [0.05, 0.1) is 16.3 Å². The SMILES string of the molecule is CSCCC(NC(=O)c1cccc([N+](=O)[O-])c1)C(=O)OCC(=O)c1ccc(CNC(C)=O)s1. The lowest BCUT2D eigenvalue weighted by molar-refractivity contribution is -0.384. The summed E-state index contributed by atoms with van der Waals surface area (Å²) in [7, 11) is 0. The van der Waals surface area contributed by atoms with Crippen LogP contribution in [0, 0.1) is 10.1 Å². The van der Waals surface area contributed by atoms with E-state index in [-0.39, 0.29) is 23.6 Å². The van der Waals surface area contributed by atoms with E-state index in [4.69, 9.17) is 4.74 Å². The number of nitrogens with zero attached hydrogens (tertiary/aromatic N) is 1. The van der Waals surface area contributed by atoms with Crippen LogP contribution in [0.2, 0.25) is 0 Å². The monoisotopic (exact) mass is 493 g/mol. The lowest BCUT2D eigenvalue weighted by atomic mass is 10.1. The van der Waals surface area contributed by atoms with Crippen LogP contribution in [0.5, 0.6) is 0 Å². The molecule has 33 heavy (non-hydrogen) atoms. The number of nitro groups is 1. The average Bonchev–Trinajstić information content (AvgIpc) is 3.27. The number of Topliss-reactive ketones (excluding diaryl/α,β-unsaturated/α-hetero) is 1. The minimum absolute atomic E-state index is 0.0347. The third kappa shape index (κ3) is 8.31. The molecule has 10 nitrogen and oxygen atoms in total. The number of nitrogens with one attached hydrogen (secondary N) is 2. The molecule has 0 saturated heterocycles. The van der Waals surface area contributed by atoms with E-state index in [1.54, 1.807) is 12.1 Å². The van der Waals surface area contributed by atoms with Crippen LogP contribution in [0.4, 0.5) is 5.69 Å². The number of rotatable bonds is 12. The first-order chi connectivity index (χ1) is 15.7. The molecule has 2 aromatic rings. The number of benzene rings is 1. The number of carbonyl (C=O) groups excluding carboxylic acids is 4. The third-order valence-corrected chi connectivity index (χ3v) is 6.08. The van der Waals surface area contributed by atoms with Crippen molar-refractivity contribution in [3.05, 3.63) is 61.8 Å². The molecule has 0 spiro atoms. The Balaban J connectivity index is 1.98. The van der Waals surface area contributed by atoms with E-state index in [0.717, 1.165) is 10.9 Å². The maximum Gasteiger partial charge on any atom is 0.329 e. The van der Waals surface area contributed by atoms with Crippen molar-refractivity contribution < 1.29 is 28.8 Å². The van der Waals surface area contributed by atoms with Gasteiger partial charge in [0.1, 0.15) is 6.04 Å². The molecule has 0 bridgehead atoms. The Bertz CT molecular complexity index is 1040. The van der Waals surface area contributed by atoms with Gasteiger partial charge in [-0.05, 0) is 36.6 Å². The van der Waals surface area contributed by atoms with Crippen LogP contribution in [0.3, 0.4) is 0 Å². The van der Waals surface area contributed by atoms with Gasteiger partial charge in [0, 0.05) is 29.5 Å². The van der Waals surface area contributed by atoms with Crippen molar-refractivity contribution >= 4 is 52.4 Å². The van der Waals surface area contributed by atoms with Crippen molar-refractivity contribution in [1.82, 2.24) is 10.6 Å². The van der Waals surface area contributed by atoms with Gasteiger partial charge in [-0.25, -0.2) is 4.79 Å². The standard InChI is InChI=1S/C21H23N3O7S2/c1-13(25)22-11-16-6-7-19(33-16)18(26)12-31-21(28)17(8-9-32-2)23-20(27)14-4-3-5-15(10-14)24(29)30/h3-7,10,17H,8-9,11-12H2,1-2H3,(H,22,25)(H,23,27). The van der Waals surface area contributed by atoms with Gasteiger partial charge in [0.2, 0.25) is 11.7 Å². The summed E-state index contributed by atoms with van der Waals surface area (Å²) < 4.78 is 5.14. The first-order valence-corrected chi connectivity index (χ1v) is 12.0. The lowest BCUT2D eigenvalue weighted by Crippen LogP contribution is -2.42. The second-order valence-electron chi connectivity index (χ2n) is 6.82. The van der Waals surface area contributed by atoms with Gasteiger partial charge in [0.15, 0.2) is 6.61 Å². The van der Waals surface area contributed by atoms with Gasteiger partial charge in [0.25, 0.3) is 11.6 Å². The highest BCUT2D eigenvalue weighted by Gasteiger charge is 2.24. The van der Waals surface area contributed by atoms with Crippen molar-refractivity contribution in [2.24, 2.45) is 0 Å². The first-order valence-electron chi connectivity index (χ1n) is 9.78. The minimum atomic E-state index is -1.02. The summed E-state index contributed by atoms with van der Waals surface area (Å²) in [6.07, 6.45) is 2.10. The van der Waals surface area contributed by atoms with E-state index in [9.17, 15) is 29.3 Å². The molecular formula is C21H23N3O7S2. The summed E-state index contributed by atoms with van der Waals surface area (Å²) in [5, 5.41) is 16.1. The number of carbonyl (C=O) groups is 4. The minimum Gasteiger partial charge on any atom is -0.456 e. The van der Waals surface area contributed by atoms with Gasteiger partial charge in [-0.2, -0.15) is 11.8 Å². The van der Waals surface area contributed by atoms with Crippen LogP contribution in [0.25, 0.3) is 0 Å². The number of ether oxygens (including phenoxy) is 1. The van der Waals surface area contributed by atoms with E-state index in [1.165, 1.54) is 48.2 Å². The zero-order chi connectivity index (χ0) is 24.4. The normalized spacial score (nSPS) is 11.3. The molecule has 176 valence electrons. The van der Waals surface area contributed by atoms with E-state index in [1.807, 2.05) is 6.26 Å². The van der Waals surface area contributed by atoms with Gasteiger partial charge in [-0.15, -0.1) is 11.3 Å². The number of thioether (sulfide) groups is 1. The van der Waals surface area contributed by atoms with Crippen LogP contribution < -0.4 is 10.6 Å². The van der Waals surface area contributed by atoms with E-state index in [2.05, 4.69) is 10.6 Å². The second-order valence-corrected chi connectivity index (χ2v) is 8.98. The molecular weight excluding hydrogens is 470 g/mol. The van der Waals surface area contributed by atoms with Crippen LogP contribution in [0.1, 0.15) is 38.3 Å². The van der Waals surface area contributed by atoms with Crippen molar-refractivity contribution in [3.8, 4) is 0 Å². The smallest absolute Gasteiger partial charge is 0.329 e. The summed E-state index contributed by atoms with van der Waals surface area (Å²) in [4.78, 5) is 59.9. The number of non-ortho nitro benzene ring substituents is 1. The molecule has 0 saturated carbocycles. The fraction of sp³-hybridized carbons (Fsp3) is 0.333. The number of amides is 2. The van der Waals surface area contributed by atoms with Gasteiger partial charge in [-0.3, -0.25) is 24.5 Å². The Kier molecular flexibility index (Phi) is 10.0. The van der Waals surface area contributed by atoms with Crippen molar-refractivity contribution in [2.45, 2.75) is 25.9 Å². The van der Waals surface area contributed by atoms with E-state index >= 15 is 0 Å². The molecule has 0 radical (unpaired) electrons. The predicted octanol–water partition coefficient (Wildman–Crippen LogP) is 2.57. The van der Waals surface area contributed by atoms with E-state index < -0.39 is 35.2 Å². The zero-order valence-corrected chi connectivity index (χ0v) is 19.6. The Hall–Kier alpha value is -3.25. The molecule has 0 aliphatic carbocycles. The summed E-state index contributed by atoms with van der Waals surface area (Å²) in [6, 6.07) is 7.43. The van der Waals surface area contributed by atoms with Gasteiger partial charge < -0.3 is 15.4 Å². The molecule has 2 rings (SSSR count). The van der Waals surface area contributed by atoms with Crippen LogP contribution >= 0.6 is 23.1 Å². The molecule has 1 aromatic heterocycles. The number of nitro benzene ring substituents is 1. The molecule has 2 N–H and O–H groups in total. The largest absolute Gasteiger partial charge is 0.456 e. The third-order valence-electron chi connectivity index (χ3n) is 4.31. The zero-order valence-electron chi connectivity index (χ0n) is 18.0. The molecule has 2 amide bonds. The molecule has 0 aliphatic heterocycles.